The fourth-order valence-electron chi connectivity index (χ4n) is 9.63. The lowest BCUT2D eigenvalue weighted by molar-refractivity contribution is -0.157. The van der Waals surface area contributed by atoms with E-state index in [4.69, 9.17) is 0 Å². The molecule has 0 heterocycles. The van der Waals surface area contributed by atoms with Crippen molar-refractivity contribution in [2.24, 2.45) is 46.3 Å². The molecule has 0 fully saturated rings. The van der Waals surface area contributed by atoms with Gasteiger partial charge in [0.25, 0.3) is 0 Å². The predicted octanol–water partition coefficient (Wildman–Crippen LogP) is 6.23. The van der Waals surface area contributed by atoms with Crippen LogP contribution >= 0.6 is 0 Å². The molecule has 0 bridgehead atoms. The van der Waals surface area contributed by atoms with Gasteiger partial charge in [0.15, 0.2) is 0 Å². The molecule has 0 saturated carbocycles. The van der Waals surface area contributed by atoms with Crippen molar-refractivity contribution in [3.05, 3.63) is 0 Å². The lowest BCUT2D eigenvalue weighted by Gasteiger charge is -2.59. The van der Waals surface area contributed by atoms with E-state index >= 15 is 9.59 Å². The van der Waals surface area contributed by atoms with Gasteiger partial charge in [0, 0.05) is 152 Å². The maximum atomic E-state index is 15.1. The smallest absolute Gasteiger partial charge is 0.220 e. The average Bonchev–Trinajstić information content (AvgIpc) is 3.28. The lowest BCUT2D eigenvalue weighted by Crippen LogP contribution is -2.57. The Kier molecular flexibility index (Phi) is 34.5. The molecule has 0 aliphatic rings. The molecule has 72 heavy (non-hydrogen) atoms. The van der Waals surface area contributed by atoms with Crippen LogP contribution in [-0.2, 0) is 38.4 Å². The van der Waals surface area contributed by atoms with Gasteiger partial charge in [-0.15, -0.1) is 0 Å². The molecule has 0 aliphatic heterocycles. The summed E-state index contributed by atoms with van der Waals surface area (Å²) in [6, 6.07) is 0.705. The number of carbonyl (C=O) groups excluding carboxylic acids is 8. The van der Waals surface area contributed by atoms with E-state index in [1.165, 1.54) is 0 Å². The van der Waals surface area contributed by atoms with Crippen molar-refractivity contribution in [2.45, 2.75) is 212 Å². The molecular formula is C56H106N8O8. The molecule has 0 spiro atoms. The van der Waals surface area contributed by atoms with Gasteiger partial charge in [-0.05, 0) is 48.3 Å². The third kappa shape index (κ3) is 27.6. The first kappa shape index (κ1) is 68.4. The van der Waals surface area contributed by atoms with E-state index in [1.54, 1.807) is 27.7 Å². The molecule has 0 aliphatic carbocycles. The number of rotatable bonds is 43. The minimum atomic E-state index is -1.47. The summed E-state index contributed by atoms with van der Waals surface area (Å²) in [7, 11) is 0. The molecule has 0 radical (unpaired) electrons. The second-order valence-electron chi connectivity index (χ2n) is 22.9. The van der Waals surface area contributed by atoms with E-state index in [2.05, 4.69) is 42.5 Å². The van der Waals surface area contributed by atoms with Crippen LogP contribution in [0.5, 0.6) is 0 Å². The average molecular weight is 1020 g/mol. The fourth-order valence-corrected chi connectivity index (χ4v) is 9.63. The van der Waals surface area contributed by atoms with Crippen LogP contribution in [0.1, 0.15) is 188 Å². The van der Waals surface area contributed by atoms with E-state index in [1.807, 2.05) is 83.1 Å². The molecule has 16 nitrogen and oxygen atoms in total. The number of amides is 4. The summed E-state index contributed by atoms with van der Waals surface area (Å²) in [5, 5.41) is 25.6. The minimum absolute atomic E-state index is 0.00485. The van der Waals surface area contributed by atoms with Crippen LogP contribution in [0.25, 0.3) is 0 Å². The summed E-state index contributed by atoms with van der Waals surface area (Å²) in [5.74, 6) is -5.04. The largest absolute Gasteiger partial charge is 0.355 e. The Balaban J connectivity index is 9.11. The van der Waals surface area contributed by atoms with Crippen LogP contribution in [0.3, 0.4) is 0 Å². The summed E-state index contributed by atoms with van der Waals surface area (Å²) >= 11 is 0. The highest BCUT2D eigenvalue weighted by Gasteiger charge is 2.60. The van der Waals surface area contributed by atoms with Gasteiger partial charge in [0.1, 0.15) is 23.1 Å². The van der Waals surface area contributed by atoms with Crippen molar-refractivity contribution < 1.29 is 38.4 Å². The summed E-state index contributed by atoms with van der Waals surface area (Å²) in [4.78, 5) is 116. The van der Waals surface area contributed by atoms with E-state index in [-0.39, 0.29) is 160 Å². The SMILES string of the molecule is CC(C)NCCNC(=O)CCC(CC(=O)C(C)C)C(CCC(=O)C(C)C)(CC(=O)NCCNC(C)C)C(CCC(=O)NCCNC(C)C)(CC(=O)C(C)C)C(CCC(=O)C(C)C)CC(=O)NCCNC(C)C. The van der Waals surface area contributed by atoms with Gasteiger partial charge in [0.2, 0.25) is 23.6 Å². The number of hydrogen-bond acceptors (Lipinski definition) is 12. The number of ketones is 4. The zero-order chi connectivity index (χ0) is 55.2. The highest BCUT2D eigenvalue weighted by molar-refractivity contribution is 5.85. The zero-order valence-electron chi connectivity index (χ0n) is 48.2. The first-order valence-electron chi connectivity index (χ1n) is 27.7. The lowest BCUT2D eigenvalue weighted by atomic mass is 9.44. The summed E-state index contributed by atoms with van der Waals surface area (Å²) in [5.41, 5.74) is -2.93. The molecule has 4 unspecified atom stereocenters. The minimum Gasteiger partial charge on any atom is -0.355 e. The molecule has 0 aromatic rings. The molecule has 8 N–H and O–H groups in total. The Morgan fingerprint density at radius 3 is 1.07 bits per heavy atom. The first-order valence-corrected chi connectivity index (χ1v) is 27.7. The van der Waals surface area contributed by atoms with Crippen LogP contribution in [0.15, 0.2) is 0 Å². The zero-order valence-corrected chi connectivity index (χ0v) is 48.2. The van der Waals surface area contributed by atoms with E-state index in [0.717, 1.165) is 0 Å². The molecule has 0 saturated heterocycles. The van der Waals surface area contributed by atoms with Gasteiger partial charge in [-0.3, -0.25) is 38.4 Å². The van der Waals surface area contributed by atoms with Crippen LogP contribution < -0.4 is 42.5 Å². The fraction of sp³-hybridized carbons (Fsp3) is 0.857. The van der Waals surface area contributed by atoms with Gasteiger partial charge >= 0.3 is 0 Å². The molecule has 16 heteroatoms. The number of carbonyl (C=O) groups is 8. The topological polar surface area (TPSA) is 233 Å². The van der Waals surface area contributed by atoms with Crippen molar-refractivity contribution in [3.63, 3.8) is 0 Å². The summed E-state index contributed by atoms with van der Waals surface area (Å²) in [6.07, 6.45) is -0.594. The summed E-state index contributed by atoms with van der Waals surface area (Å²) in [6.45, 7) is 33.8. The maximum Gasteiger partial charge on any atom is 0.220 e. The number of hydrogen-bond donors (Lipinski definition) is 8. The van der Waals surface area contributed by atoms with Crippen molar-refractivity contribution >= 4 is 46.8 Å². The Morgan fingerprint density at radius 2 is 0.653 bits per heavy atom. The van der Waals surface area contributed by atoms with E-state index < -0.39 is 40.4 Å². The monoisotopic (exact) mass is 1020 g/mol. The highest BCUT2D eigenvalue weighted by Crippen LogP contribution is 2.63. The first-order chi connectivity index (χ1) is 33.6. The molecule has 0 aromatic heterocycles. The molecule has 4 atom stereocenters. The Morgan fingerprint density at radius 1 is 0.319 bits per heavy atom. The van der Waals surface area contributed by atoms with E-state index in [9.17, 15) is 28.8 Å². The van der Waals surface area contributed by atoms with Gasteiger partial charge < -0.3 is 42.5 Å². The van der Waals surface area contributed by atoms with Crippen molar-refractivity contribution in [2.75, 3.05) is 52.4 Å². The second-order valence-corrected chi connectivity index (χ2v) is 22.9. The maximum absolute atomic E-state index is 15.1. The Labute approximate surface area is 437 Å². The number of nitrogens with one attached hydrogen (secondary N) is 8. The van der Waals surface area contributed by atoms with Gasteiger partial charge in [-0.25, -0.2) is 0 Å². The standard InChI is InChI=1S/C56H106N8O8/c1-37(2)47(65)19-17-46(34-53(71)63-31-27-59-43(13)14)55(35-50(68)40(7)8,24-22-52(70)62-30-26-58-42(11)12)56(23-21-48(66)38(3)4,36-54(72)64-32-28-60-44(15)16)45(33-49(67)39(5)6)18-20-51(69)61-29-25-57-41(9)10/h37-46,57-60H,17-36H2,1-16H3,(H,61,69)(H,62,70)(H,63,71)(H,64,72). The van der Waals surface area contributed by atoms with Crippen LogP contribution in [0, 0.1) is 46.3 Å². The molecule has 0 rings (SSSR count). The molecular weight excluding hydrogens is 913 g/mol. The third-order valence-electron chi connectivity index (χ3n) is 14.0. The predicted molar refractivity (Wildman–Crippen MR) is 291 cm³/mol. The van der Waals surface area contributed by atoms with Crippen molar-refractivity contribution in [1.82, 2.24) is 42.5 Å². The Hall–Kier alpha value is -3.60. The van der Waals surface area contributed by atoms with Gasteiger partial charge in [-0.2, -0.15) is 0 Å². The van der Waals surface area contributed by atoms with Crippen LogP contribution in [0.2, 0.25) is 0 Å². The quantitative estimate of drug-likeness (QED) is 0.0318. The molecule has 4 amide bonds. The number of Topliss-reactive ketones (excluding diaryl/α,β-unsaturated/α-hetero) is 4. The highest BCUT2D eigenvalue weighted by atomic mass is 16.2. The van der Waals surface area contributed by atoms with Crippen molar-refractivity contribution in [1.29, 1.82) is 0 Å². The Bertz CT molecular complexity index is 1650. The molecule has 0 aromatic carbocycles. The van der Waals surface area contributed by atoms with Crippen molar-refractivity contribution in [3.8, 4) is 0 Å². The second kappa shape index (κ2) is 36.4. The van der Waals surface area contributed by atoms with Gasteiger partial charge in [-0.1, -0.05) is 111 Å². The third-order valence-corrected chi connectivity index (χ3v) is 14.0. The van der Waals surface area contributed by atoms with Gasteiger partial charge in [0.05, 0.1) is 0 Å². The summed E-state index contributed by atoms with van der Waals surface area (Å²) < 4.78 is 0. The van der Waals surface area contributed by atoms with Crippen LogP contribution in [-0.4, -0.2) is 123 Å². The van der Waals surface area contributed by atoms with Crippen LogP contribution in [0.4, 0.5) is 0 Å². The molecule has 418 valence electrons. The normalized spacial score (nSPS) is 14.5. The van der Waals surface area contributed by atoms with E-state index in [0.29, 0.717) is 45.8 Å².